The number of nitrogens with zero attached hydrogens (tertiary/aromatic N) is 3. The van der Waals surface area contributed by atoms with Gasteiger partial charge in [-0.3, -0.25) is 9.59 Å². The van der Waals surface area contributed by atoms with Gasteiger partial charge in [-0.15, -0.1) is 0 Å². The van der Waals surface area contributed by atoms with Crippen molar-refractivity contribution < 1.29 is 19.1 Å². The summed E-state index contributed by atoms with van der Waals surface area (Å²) in [6.45, 7) is 4.15. The predicted octanol–water partition coefficient (Wildman–Crippen LogP) is 5.60. The van der Waals surface area contributed by atoms with Crippen molar-refractivity contribution >= 4 is 46.1 Å². The van der Waals surface area contributed by atoms with Gasteiger partial charge in [0.2, 0.25) is 5.91 Å². The highest BCUT2D eigenvalue weighted by molar-refractivity contribution is 8.15. The summed E-state index contributed by atoms with van der Waals surface area (Å²) in [5.74, 6) is -1.08. The quantitative estimate of drug-likeness (QED) is 0.364. The predicted molar refractivity (Wildman–Crippen MR) is 157 cm³/mol. The van der Waals surface area contributed by atoms with Gasteiger partial charge < -0.3 is 10.1 Å². The maximum Gasteiger partial charge on any atom is 0.338 e. The number of benzene rings is 3. The number of amides is 2. The number of carbonyl (C=O) groups excluding carboxylic acids is 3. The molecule has 8 nitrogen and oxygen atoms in total. The lowest BCUT2D eigenvalue weighted by Gasteiger charge is -2.23. The summed E-state index contributed by atoms with van der Waals surface area (Å²) in [5, 5.41) is 9.38. The molecule has 2 amide bonds. The number of esters is 1. The van der Waals surface area contributed by atoms with Crippen LogP contribution in [0, 0.1) is 0 Å². The average molecular weight is 555 g/mol. The number of aliphatic imine (C=N–C) groups is 1. The second-order valence-corrected chi connectivity index (χ2v) is 10.6. The monoisotopic (exact) mass is 554 g/mol. The lowest BCUT2D eigenvalue weighted by molar-refractivity contribution is -0.121. The molecule has 2 heterocycles. The zero-order valence-electron chi connectivity index (χ0n) is 22.4. The van der Waals surface area contributed by atoms with Gasteiger partial charge >= 0.3 is 5.97 Å². The van der Waals surface area contributed by atoms with Gasteiger partial charge in [0, 0.05) is 18.5 Å². The topological polar surface area (TPSA) is 100 Å². The van der Waals surface area contributed by atoms with Crippen LogP contribution in [0.2, 0.25) is 0 Å². The van der Waals surface area contributed by atoms with Crippen LogP contribution < -0.4 is 5.32 Å². The fourth-order valence-corrected chi connectivity index (χ4v) is 5.68. The van der Waals surface area contributed by atoms with Crippen molar-refractivity contribution in [1.29, 1.82) is 0 Å². The Morgan fingerprint density at radius 3 is 2.40 bits per heavy atom. The van der Waals surface area contributed by atoms with E-state index in [0.29, 0.717) is 22.8 Å². The van der Waals surface area contributed by atoms with Gasteiger partial charge in [-0.2, -0.15) is 10.1 Å². The van der Waals surface area contributed by atoms with E-state index in [4.69, 9.17) is 9.84 Å². The van der Waals surface area contributed by atoms with Gasteiger partial charge in [0.15, 0.2) is 5.17 Å². The lowest BCUT2D eigenvalue weighted by Crippen LogP contribution is -2.25. The molecule has 0 unspecified atom stereocenters. The molecule has 0 saturated heterocycles. The largest absolute Gasteiger partial charge is 0.462 e. The number of rotatable bonds is 8. The highest BCUT2D eigenvalue weighted by Crippen LogP contribution is 2.38. The first-order chi connectivity index (χ1) is 19.4. The SMILES string of the molecule is CCOC(=O)c1ccc(NC(=O)C[C@H]2SC(N3N=C(c4ccccc4)C[C@@H]3c3ccc(CC)cc3)=NC2=O)cc1. The van der Waals surface area contributed by atoms with E-state index in [2.05, 4.69) is 41.5 Å². The van der Waals surface area contributed by atoms with Crippen LogP contribution in [0.4, 0.5) is 5.69 Å². The van der Waals surface area contributed by atoms with E-state index in [9.17, 15) is 14.4 Å². The number of hydrazone groups is 1. The summed E-state index contributed by atoms with van der Waals surface area (Å²) in [5.41, 5.74) is 5.23. The molecule has 0 bridgehead atoms. The van der Waals surface area contributed by atoms with Crippen LogP contribution in [0.1, 0.15) is 59.8 Å². The van der Waals surface area contributed by atoms with Crippen LogP contribution in [0.15, 0.2) is 89.0 Å². The van der Waals surface area contributed by atoms with Crippen molar-refractivity contribution in [2.24, 2.45) is 10.1 Å². The fourth-order valence-electron chi connectivity index (χ4n) is 4.62. The smallest absolute Gasteiger partial charge is 0.338 e. The highest BCUT2D eigenvalue weighted by Gasteiger charge is 2.39. The summed E-state index contributed by atoms with van der Waals surface area (Å²) < 4.78 is 4.99. The molecule has 40 heavy (non-hydrogen) atoms. The molecule has 2 aliphatic heterocycles. The second kappa shape index (κ2) is 12.3. The Morgan fingerprint density at radius 1 is 1.00 bits per heavy atom. The van der Waals surface area contributed by atoms with Crippen LogP contribution in [0.5, 0.6) is 0 Å². The summed E-state index contributed by atoms with van der Waals surface area (Å²) in [6, 6.07) is 24.8. The van der Waals surface area contributed by atoms with Crippen LogP contribution in [0.25, 0.3) is 0 Å². The Morgan fingerprint density at radius 2 is 1.73 bits per heavy atom. The number of carbonyl (C=O) groups is 3. The molecule has 0 aliphatic carbocycles. The van der Waals surface area contributed by atoms with Gasteiger partial charge in [-0.1, -0.05) is 73.3 Å². The maximum atomic E-state index is 12.9. The van der Waals surface area contributed by atoms with Crippen molar-refractivity contribution in [2.75, 3.05) is 11.9 Å². The molecule has 3 aromatic rings. The normalized spacial score (nSPS) is 18.4. The lowest BCUT2D eigenvalue weighted by atomic mass is 9.97. The minimum absolute atomic E-state index is 0.0327. The standard InChI is InChI=1S/C31H30N4O4S/c1-3-20-10-12-22(13-11-20)26-18-25(21-8-6-5-7-9-21)34-35(26)31-33-29(37)27(40-31)19-28(36)32-24-16-14-23(15-17-24)30(38)39-4-2/h5-17,26-27H,3-4,18-19H2,1-2H3,(H,32,36)/t26-,27-/m1/s1. The van der Waals surface area contributed by atoms with Gasteiger partial charge in [0.05, 0.1) is 23.9 Å². The van der Waals surface area contributed by atoms with Crippen molar-refractivity contribution in [2.45, 2.75) is 44.4 Å². The number of nitrogens with one attached hydrogen (secondary N) is 1. The molecule has 204 valence electrons. The number of aryl methyl sites for hydroxylation is 1. The zero-order chi connectivity index (χ0) is 28.1. The van der Waals surface area contributed by atoms with Crippen molar-refractivity contribution in [3.05, 3.63) is 101 Å². The van der Waals surface area contributed by atoms with E-state index in [0.717, 1.165) is 23.3 Å². The van der Waals surface area contributed by atoms with Gasteiger partial charge in [-0.25, -0.2) is 9.80 Å². The molecular weight excluding hydrogens is 524 g/mol. The minimum atomic E-state index is -0.645. The molecule has 0 aromatic heterocycles. The Labute approximate surface area is 237 Å². The van der Waals surface area contributed by atoms with Gasteiger partial charge in [-0.05, 0) is 54.3 Å². The van der Waals surface area contributed by atoms with E-state index in [-0.39, 0.29) is 30.9 Å². The van der Waals surface area contributed by atoms with E-state index in [1.54, 1.807) is 31.2 Å². The highest BCUT2D eigenvalue weighted by atomic mass is 32.2. The Hall–Kier alpha value is -4.24. The fraction of sp³-hybridized carbons (Fsp3) is 0.258. The molecule has 0 radical (unpaired) electrons. The Balaban J connectivity index is 1.28. The number of hydrogen-bond acceptors (Lipinski definition) is 7. The first-order valence-electron chi connectivity index (χ1n) is 13.3. The molecule has 5 rings (SSSR count). The summed E-state index contributed by atoms with van der Waals surface area (Å²) in [6.07, 6.45) is 1.60. The molecule has 0 spiro atoms. The summed E-state index contributed by atoms with van der Waals surface area (Å²) in [7, 11) is 0. The number of amidine groups is 1. The van der Waals surface area contributed by atoms with E-state index < -0.39 is 11.2 Å². The Bertz CT molecular complexity index is 1450. The summed E-state index contributed by atoms with van der Waals surface area (Å²) >= 11 is 1.27. The van der Waals surface area contributed by atoms with Crippen molar-refractivity contribution in [1.82, 2.24) is 5.01 Å². The molecule has 9 heteroatoms. The molecular formula is C31H30N4O4S. The third-order valence-corrected chi connectivity index (χ3v) is 7.91. The maximum absolute atomic E-state index is 12.9. The first-order valence-corrected chi connectivity index (χ1v) is 14.2. The first kappa shape index (κ1) is 27.3. The second-order valence-electron chi connectivity index (χ2n) is 9.46. The van der Waals surface area contributed by atoms with Crippen LogP contribution in [-0.2, 0) is 20.7 Å². The third-order valence-electron chi connectivity index (χ3n) is 6.77. The molecule has 0 saturated carbocycles. The number of ether oxygens (including phenoxy) is 1. The average Bonchev–Trinajstić information content (AvgIpc) is 3.58. The van der Waals surface area contributed by atoms with E-state index >= 15 is 0 Å². The van der Waals surface area contributed by atoms with Gasteiger partial charge in [0.25, 0.3) is 5.91 Å². The summed E-state index contributed by atoms with van der Waals surface area (Å²) in [4.78, 5) is 41.8. The van der Waals surface area contributed by atoms with Crippen LogP contribution in [0.3, 0.4) is 0 Å². The number of hydrogen-bond donors (Lipinski definition) is 1. The van der Waals surface area contributed by atoms with Crippen LogP contribution in [-0.4, -0.2) is 45.5 Å². The van der Waals surface area contributed by atoms with E-state index in [1.807, 2.05) is 35.3 Å². The molecule has 2 aliphatic rings. The molecule has 1 N–H and O–H groups in total. The van der Waals surface area contributed by atoms with Crippen molar-refractivity contribution in [3.8, 4) is 0 Å². The minimum Gasteiger partial charge on any atom is -0.462 e. The zero-order valence-corrected chi connectivity index (χ0v) is 23.2. The van der Waals surface area contributed by atoms with Crippen LogP contribution >= 0.6 is 11.8 Å². The molecule has 0 fully saturated rings. The molecule has 2 atom stereocenters. The van der Waals surface area contributed by atoms with Crippen molar-refractivity contribution in [3.63, 3.8) is 0 Å². The van der Waals surface area contributed by atoms with Gasteiger partial charge in [0.1, 0.15) is 5.25 Å². The molecule has 3 aromatic carbocycles. The van der Waals surface area contributed by atoms with E-state index in [1.165, 1.54) is 17.3 Å². The third kappa shape index (κ3) is 6.15. The number of anilines is 1. The Kier molecular flexibility index (Phi) is 8.40. The number of thioether (sulfide) groups is 1.